The lowest BCUT2D eigenvalue weighted by Crippen LogP contribution is -2.32. The zero-order chi connectivity index (χ0) is 20.3. The van der Waals surface area contributed by atoms with Crippen LogP contribution < -0.4 is 5.32 Å². The maximum absolute atomic E-state index is 5.49. The van der Waals surface area contributed by atoms with Gasteiger partial charge in [-0.1, -0.05) is 24.1 Å². The normalized spacial score (nSPS) is 20.2. The fraction of sp³-hybridized carbons (Fsp3) is 0.417. The van der Waals surface area contributed by atoms with Crippen LogP contribution in [0.1, 0.15) is 59.8 Å². The number of rotatable bonds is 5. The number of nitrogens with one attached hydrogen (secondary N) is 1. The van der Waals surface area contributed by atoms with E-state index in [4.69, 9.17) is 9.26 Å². The zero-order valence-corrected chi connectivity index (χ0v) is 17.2. The number of imidazole rings is 1. The Balaban J connectivity index is 1.26. The summed E-state index contributed by atoms with van der Waals surface area (Å²) in [5.74, 6) is 7.97. The molecule has 0 bridgehead atoms. The molecule has 6 nitrogen and oxygen atoms in total. The summed E-state index contributed by atoms with van der Waals surface area (Å²) in [6.07, 6.45) is 8.01. The fourth-order valence-electron chi connectivity index (χ4n) is 4.37. The molecule has 1 N–H and O–H groups in total. The van der Waals surface area contributed by atoms with Gasteiger partial charge in [0.2, 0.25) is 5.76 Å². The number of aryl methyl sites for hydroxylation is 2. The standard InChI is InChI=1S/C24H26N4O2/c1-2-24-25-10-11-28(24)15-20-14-21(30-27-20)6-3-17-4-7-22-18(13-17)5-8-23(22)26-19-9-12-29-16-19/h4,7,10-11,13-14,19,23,26H,2,5,8-9,12,15-16H2,1H3/t19-,23?/m0/s1. The van der Waals surface area contributed by atoms with E-state index in [0.29, 0.717) is 24.4 Å². The summed E-state index contributed by atoms with van der Waals surface area (Å²) in [6, 6.07) is 9.36. The summed E-state index contributed by atoms with van der Waals surface area (Å²) in [4.78, 5) is 4.34. The van der Waals surface area contributed by atoms with Crippen LogP contribution in [-0.2, 0) is 24.1 Å². The molecule has 1 aliphatic carbocycles. The van der Waals surface area contributed by atoms with Gasteiger partial charge >= 0.3 is 0 Å². The molecule has 5 rings (SSSR count). The van der Waals surface area contributed by atoms with Gasteiger partial charge in [0.15, 0.2) is 0 Å². The molecule has 0 radical (unpaired) electrons. The summed E-state index contributed by atoms with van der Waals surface area (Å²) in [5, 5.41) is 7.90. The van der Waals surface area contributed by atoms with Crippen molar-refractivity contribution < 1.29 is 9.26 Å². The third-order valence-electron chi connectivity index (χ3n) is 5.93. The first-order chi connectivity index (χ1) is 14.8. The molecule has 1 unspecified atom stereocenters. The van der Waals surface area contributed by atoms with Gasteiger partial charge < -0.3 is 19.1 Å². The van der Waals surface area contributed by atoms with Crippen molar-refractivity contribution in [2.75, 3.05) is 13.2 Å². The number of nitrogens with zero attached hydrogens (tertiary/aromatic N) is 3. The molecular formula is C24H26N4O2. The number of fused-ring (bicyclic) bond motifs is 1. The van der Waals surface area contributed by atoms with Gasteiger partial charge in [0.05, 0.1) is 13.2 Å². The van der Waals surface area contributed by atoms with Crippen LogP contribution in [0.5, 0.6) is 0 Å². The molecule has 30 heavy (non-hydrogen) atoms. The number of aromatic nitrogens is 3. The highest BCUT2D eigenvalue weighted by Crippen LogP contribution is 2.32. The monoisotopic (exact) mass is 402 g/mol. The minimum absolute atomic E-state index is 0.432. The smallest absolute Gasteiger partial charge is 0.210 e. The van der Waals surface area contributed by atoms with E-state index in [9.17, 15) is 0 Å². The van der Waals surface area contributed by atoms with Gasteiger partial charge in [0, 0.05) is 49.1 Å². The lowest BCUT2D eigenvalue weighted by molar-refractivity contribution is 0.188. The van der Waals surface area contributed by atoms with E-state index >= 15 is 0 Å². The largest absolute Gasteiger partial charge is 0.380 e. The molecule has 1 saturated heterocycles. The van der Waals surface area contributed by atoms with Gasteiger partial charge in [-0.3, -0.25) is 0 Å². The fourth-order valence-corrected chi connectivity index (χ4v) is 4.37. The maximum atomic E-state index is 5.49. The van der Waals surface area contributed by atoms with E-state index in [1.807, 2.05) is 18.5 Å². The van der Waals surface area contributed by atoms with Crippen molar-refractivity contribution in [2.24, 2.45) is 0 Å². The summed E-state index contributed by atoms with van der Waals surface area (Å²) < 4.78 is 13.0. The Morgan fingerprint density at radius 3 is 3.07 bits per heavy atom. The van der Waals surface area contributed by atoms with E-state index < -0.39 is 0 Å². The molecule has 2 aromatic heterocycles. The Hall–Kier alpha value is -2.88. The lowest BCUT2D eigenvalue weighted by atomic mass is 10.0. The minimum atomic E-state index is 0.432. The maximum Gasteiger partial charge on any atom is 0.210 e. The molecule has 3 heterocycles. The molecule has 3 aromatic rings. The molecular weight excluding hydrogens is 376 g/mol. The Labute approximate surface area is 176 Å². The van der Waals surface area contributed by atoms with E-state index in [2.05, 4.69) is 57.0 Å². The summed E-state index contributed by atoms with van der Waals surface area (Å²) in [5.41, 5.74) is 4.66. The molecule has 0 saturated carbocycles. The number of benzene rings is 1. The minimum Gasteiger partial charge on any atom is -0.380 e. The number of hydrogen-bond donors (Lipinski definition) is 1. The van der Waals surface area contributed by atoms with Crippen molar-refractivity contribution in [2.45, 2.75) is 51.2 Å². The third-order valence-corrected chi connectivity index (χ3v) is 5.93. The Morgan fingerprint density at radius 1 is 1.23 bits per heavy atom. The molecule has 0 spiro atoms. The zero-order valence-electron chi connectivity index (χ0n) is 17.2. The first-order valence-electron chi connectivity index (χ1n) is 10.7. The molecule has 1 fully saturated rings. The Bertz CT molecular complexity index is 1080. The topological polar surface area (TPSA) is 65.1 Å². The van der Waals surface area contributed by atoms with Crippen molar-refractivity contribution in [3.63, 3.8) is 0 Å². The van der Waals surface area contributed by atoms with Crippen LogP contribution in [0.4, 0.5) is 0 Å². The quantitative estimate of drug-likeness (QED) is 0.664. The third kappa shape index (κ3) is 4.04. The Kier molecular flexibility index (Phi) is 5.39. The predicted molar refractivity (Wildman–Crippen MR) is 113 cm³/mol. The van der Waals surface area contributed by atoms with E-state index in [1.165, 1.54) is 11.1 Å². The van der Waals surface area contributed by atoms with Crippen LogP contribution in [0.15, 0.2) is 41.2 Å². The lowest BCUT2D eigenvalue weighted by Gasteiger charge is -2.18. The van der Waals surface area contributed by atoms with Gasteiger partial charge in [-0.25, -0.2) is 4.98 Å². The van der Waals surface area contributed by atoms with Crippen molar-refractivity contribution in [3.05, 3.63) is 70.6 Å². The number of ether oxygens (including phenoxy) is 1. The molecule has 1 aliphatic heterocycles. The van der Waals surface area contributed by atoms with Crippen molar-refractivity contribution in [3.8, 4) is 11.8 Å². The van der Waals surface area contributed by atoms with Gasteiger partial charge in [0.1, 0.15) is 11.5 Å². The second-order valence-electron chi connectivity index (χ2n) is 7.99. The van der Waals surface area contributed by atoms with Crippen LogP contribution in [0.3, 0.4) is 0 Å². The number of hydrogen-bond acceptors (Lipinski definition) is 5. The van der Waals surface area contributed by atoms with E-state index in [-0.39, 0.29) is 0 Å². The second-order valence-corrected chi connectivity index (χ2v) is 7.99. The van der Waals surface area contributed by atoms with Crippen molar-refractivity contribution >= 4 is 0 Å². The van der Waals surface area contributed by atoms with Crippen molar-refractivity contribution in [1.82, 2.24) is 20.0 Å². The van der Waals surface area contributed by atoms with Gasteiger partial charge in [-0.05, 0) is 48.4 Å². The molecule has 2 atom stereocenters. The summed E-state index contributed by atoms with van der Waals surface area (Å²) >= 11 is 0. The molecule has 2 aliphatic rings. The average Bonchev–Trinajstić information content (AvgIpc) is 3.56. The summed E-state index contributed by atoms with van der Waals surface area (Å²) in [6.45, 7) is 4.44. The summed E-state index contributed by atoms with van der Waals surface area (Å²) in [7, 11) is 0. The highest BCUT2D eigenvalue weighted by molar-refractivity contribution is 5.46. The van der Waals surface area contributed by atoms with Crippen molar-refractivity contribution in [1.29, 1.82) is 0 Å². The molecule has 0 amide bonds. The van der Waals surface area contributed by atoms with Crippen LogP contribution >= 0.6 is 0 Å². The second kappa shape index (κ2) is 8.47. The highest BCUT2D eigenvalue weighted by Gasteiger charge is 2.26. The highest BCUT2D eigenvalue weighted by atomic mass is 16.5. The van der Waals surface area contributed by atoms with Crippen LogP contribution in [0, 0.1) is 11.8 Å². The predicted octanol–water partition coefficient (Wildman–Crippen LogP) is 3.25. The average molecular weight is 402 g/mol. The molecule has 6 heteroatoms. The first-order valence-corrected chi connectivity index (χ1v) is 10.7. The van der Waals surface area contributed by atoms with Crippen LogP contribution in [0.25, 0.3) is 0 Å². The van der Waals surface area contributed by atoms with Gasteiger partial charge in [0.25, 0.3) is 0 Å². The SMILES string of the molecule is CCc1nccn1Cc1cc(C#Cc2ccc3c(c2)CCC3N[C@H]2CCOC2)on1. The molecule has 154 valence electrons. The van der Waals surface area contributed by atoms with E-state index in [0.717, 1.165) is 56.0 Å². The Morgan fingerprint density at radius 2 is 2.20 bits per heavy atom. The van der Waals surface area contributed by atoms with Gasteiger partial charge in [-0.15, -0.1) is 0 Å². The first kappa shape index (κ1) is 19.1. The van der Waals surface area contributed by atoms with Crippen LogP contribution in [0.2, 0.25) is 0 Å². The molecule has 1 aromatic carbocycles. The van der Waals surface area contributed by atoms with Gasteiger partial charge in [-0.2, -0.15) is 0 Å². The van der Waals surface area contributed by atoms with Crippen LogP contribution in [-0.4, -0.2) is 34.0 Å². The van der Waals surface area contributed by atoms with E-state index in [1.54, 1.807) is 0 Å².